The Hall–Kier alpha value is -0.420. The van der Waals surface area contributed by atoms with Gasteiger partial charge in [-0.2, -0.15) is 0 Å². The molecule has 0 amide bonds. The molecule has 0 bridgehead atoms. The third-order valence-electron chi connectivity index (χ3n) is 3.49. The average Bonchev–Trinajstić information content (AvgIpc) is 3.00. The predicted molar refractivity (Wildman–Crippen MR) is 72.5 cm³/mol. The smallest absolute Gasteiger partial charge is 0.0743 e. The molecule has 17 heavy (non-hydrogen) atoms. The van der Waals surface area contributed by atoms with Crippen molar-refractivity contribution in [1.82, 2.24) is 4.90 Å². The second kappa shape index (κ2) is 6.50. The Morgan fingerprint density at radius 3 is 3.12 bits per heavy atom. The molecule has 0 aliphatic carbocycles. The van der Waals surface area contributed by atoms with Gasteiger partial charge in [0.1, 0.15) is 0 Å². The van der Waals surface area contributed by atoms with Gasteiger partial charge in [-0.3, -0.25) is 4.90 Å². The van der Waals surface area contributed by atoms with E-state index in [-0.39, 0.29) is 0 Å². The lowest BCUT2D eigenvalue weighted by Crippen LogP contribution is -2.46. The monoisotopic (exact) mass is 254 g/mol. The Bertz CT molecular complexity index is 309. The summed E-state index contributed by atoms with van der Waals surface area (Å²) in [6.07, 6.45) is 3.79. The molecule has 0 radical (unpaired) electrons. The molecule has 0 saturated carbocycles. The minimum absolute atomic E-state index is 0.341. The van der Waals surface area contributed by atoms with E-state index < -0.39 is 0 Å². The molecule has 96 valence electrons. The number of nitrogens with zero attached hydrogens (tertiary/aromatic N) is 1. The molecule has 2 rings (SSSR count). The fourth-order valence-corrected chi connectivity index (χ4v) is 3.13. The lowest BCUT2D eigenvalue weighted by Gasteiger charge is -2.31. The van der Waals surface area contributed by atoms with Gasteiger partial charge in [-0.1, -0.05) is 6.07 Å². The molecule has 1 saturated heterocycles. The maximum atomic E-state index is 5.88. The molecule has 1 aromatic rings. The number of thiophene rings is 1. The lowest BCUT2D eigenvalue weighted by atomic mass is 10.1. The molecule has 1 aromatic heterocycles. The number of rotatable bonds is 6. The third kappa shape index (κ3) is 3.52. The largest absolute Gasteiger partial charge is 0.377 e. The second-order valence-corrected chi connectivity index (χ2v) is 5.70. The van der Waals surface area contributed by atoms with E-state index in [0.29, 0.717) is 18.7 Å². The van der Waals surface area contributed by atoms with E-state index in [1.807, 2.05) is 11.3 Å². The van der Waals surface area contributed by atoms with Crippen molar-refractivity contribution in [2.75, 3.05) is 26.7 Å². The van der Waals surface area contributed by atoms with Crippen LogP contribution in [0.4, 0.5) is 0 Å². The first-order chi connectivity index (χ1) is 8.31. The van der Waals surface area contributed by atoms with Gasteiger partial charge in [0, 0.05) is 30.6 Å². The standard InChI is InChI=1S/C13H22N2OS/c1-15(7-6-11-4-3-9-17-11)12(10-14)13-5-2-8-16-13/h3-4,9,12-13H,2,5-8,10,14H2,1H3. The van der Waals surface area contributed by atoms with Crippen LogP contribution in [0, 0.1) is 0 Å². The topological polar surface area (TPSA) is 38.5 Å². The molecule has 1 aliphatic heterocycles. The normalized spacial score (nSPS) is 22.2. The van der Waals surface area contributed by atoms with Gasteiger partial charge < -0.3 is 10.5 Å². The highest BCUT2D eigenvalue weighted by atomic mass is 32.1. The Labute approximate surface area is 108 Å². The first kappa shape index (κ1) is 13.0. The number of nitrogens with two attached hydrogens (primary N) is 1. The molecule has 1 aliphatic rings. The van der Waals surface area contributed by atoms with Gasteiger partial charge in [-0.05, 0) is 37.8 Å². The van der Waals surface area contributed by atoms with Crippen molar-refractivity contribution in [2.24, 2.45) is 5.73 Å². The highest BCUT2D eigenvalue weighted by Gasteiger charge is 2.27. The van der Waals surface area contributed by atoms with E-state index in [9.17, 15) is 0 Å². The summed E-state index contributed by atoms with van der Waals surface area (Å²) < 4.78 is 5.75. The SMILES string of the molecule is CN(CCc1cccs1)C(CN)C1CCCO1. The summed E-state index contributed by atoms with van der Waals surface area (Å²) in [5, 5.41) is 2.13. The summed E-state index contributed by atoms with van der Waals surface area (Å²) in [4.78, 5) is 3.80. The highest BCUT2D eigenvalue weighted by Crippen LogP contribution is 2.19. The van der Waals surface area contributed by atoms with Crippen molar-refractivity contribution in [1.29, 1.82) is 0 Å². The third-order valence-corrected chi connectivity index (χ3v) is 4.43. The van der Waals surface area contributed by atoms with Crippen LogP contribution >= 0.6 is 11.3 Å². The van der Waals surface area contributed by atoms with Gasteiger partial charge in [0.2, 0.25) is 0 Å². The summed E-state index contributed by atoms with van der Waals surface area (Å²) >= 11 is 1.83. The van der Waals surface area contributed by atoms with Crippen LogP contribution in [0.2, 0.25) is 0 Å². The first-order valence-corrected chi connectivity index (χ1v) is 7.23. The Morgan fingerprint density at radius 2 is 2.53 bits per heavy atom. The number of likely N-dealkylation sites (N-methyl/N-ethyl adjacent to an activating group) is 1. The van der Waals surface area contributed by atoms with Crippen LogP contribution < -0.4 is 5.73 Å². The molecular weight excluding hydrogens is 232 g/mol. The zero-order chi connectivity index (χ0) is 12.1. The van der Waals surface area contributed by atoms with Crippen molar-refractivity contribution in [3.05, 3.63) is 22.4 Å². The van der Waals surface area contributed by atoms with Crippen LogP contribution in [-0.2, 0) is 11.2 Å². The van der Waals surface area contributed by atoms with Gasteiger partial charge in [0.25, 0.3) is 0 Å². The second-order valence-electron chi connectivity index (χ2n) is 4.66. The van der Waals surface area contributed by atoms with Crippen LogP contribution in [-0.4, -0.2) is 43.8 Å². The molecule has 0 spiro atoms. The molecule has 2 unspecified atom stereocenters. The molecule has 2 atom stereocenters. The van der Waals surface area contributed by atoms with Crippen molar-refractivity contribution < 1.29 is 4.74 Å². The van der Waals surface area contributed by atoms with Crippen molar-refractivity contribution in [2.45, 2.75) is 31.4 Å². The van der Waals surface area contributed by atoms with Gasteiger partial charge in [0.15, 0.2) is 0 Å². The summed E-state index contributed by atoms with van der Waals surface area (Å²) in [6.45, 7) is 2.65. The predicted octanol–water partition coefficient (Wildman–Crippen LogP) is 1.73. The lowest BCUT2D eigenvalue weighted by molar-refractivity contribution is 0.0379. The minimum atomic E-state index is 0.341. The zero-order valence-corrected chi connectivity index (χ0v) is 11.3. The Balaban J connectivity index is 1.82. The van der Waals surface area contributed by atoms with E-state index in [2.05, 4.69) is 29.5 Å². The average molecular weight is 254 g/mol. The summed E-state index contributed by atoms with van der Waals surface area (Å²) in [5.41, 5.74) is 5.88. The quantitative estimate of drug-likeness (QED) is 0.840. The summed E-state index contributed by atoms with van der Waals surface area (Å²) in [5.74, 6) is 0. The fraction of sp³-hybridized carbons (Fsp3) is 0.692. The van der Waals surface area contributed by atoms with E-state index in [4.69, 9.17) is 10.5 Å². The summed E-state index contributed by atoms with van der Waals surface area (Å²) in [7, 11) is 2.16. The van der Waals surface area contributed by atoms with Crippen molar-refractivity contribution in [3.63, 3.8) is 0 Å². The van der Waals surface area contributed by atoms with Crippen molar-refractivity contribution >= 4 is 11.3 Å². The highest BCUT2D eigenvalue weighted by molar-refractivity contribution is 7.09. The summed E-state index contributed by atoms with van der Waals surface area (Å²) in [6, 6.07) is 4.68. The van der Waals surface area contributed by atoms with Crippen LogP contribution in [0.15, 0.2) is 17.5 Å². The van der Waals surface area contributed by atoms with E-state index >= 15 is 0 Å². The van der Waals surface area contributed by atoms with Gasteiger partial charge in [-0.15, -0.1) is 11.3 Å². The van der Waals surface area contributed by atoms with Crippen LogP contribution in [0.5, 0.6) is 0 Å². The zero-order valence-electron chi connectivity index (χ0n) is 10.5. The minimum Gasteiger partial charge on any atom is -0.377 e. The molecule has 1 fully saturated rings. The van der Waals surface area contributed by atoms with E-state index in [0.717, 1.165) is 26.0 Å². The molecule has 2 heterocycles. The van der Waals surface area contributed by atoms with E-state index in [1.54, 1.807) is 0 Å². The molecular formula is C13H22N2OS. The molecule has 0 aromatic carbocycles. The van der Waals surface area contributed by atoms with Crippen LogP contribution in [0.25, 0.3) is 0 Å². The van der Waals surface area contributed by atoms with Gasteiger partial charge >= 0.3 is 0 Å². The van der Waals surface area contributed by atoms with E-state index in [1.165, 1.54) is 11.3 Å². The van der Waals surface area contributed by atoms with Gasteiger partial charge in [-0.25, -0.2) is 0 Å². The van der Waals surface area contributed by atoms with Crippen LogP contribution in [0.3, 0.4) is 0 Å². The van der Waals surface area contributed by atoms with Crippen LogP contribution in [0.1, 0.15) is 17.7 Å². The maximum absolute atomic E-state index is 5.88. The Morgan fingerprint density at radius 1 is 1.65 bits per heavy atom. The maximum Gasteiger partial charge on any atom is 0.0743 e. The number of hydrogen-bond acceptors (Lipinski definition) is 4. The molecule has 2 N–H and O–H groups in total. The fourth-order valence-electron chi connectivity index (χ4n) is 2.43. The number of ether oxygens (including phenoxy) is 1. The number of hydrogen-bond donors (Lipinski definition) is 1. The Kier molecular flexibility index (Phi) is 4.98. The molecule has 3 nitrogen and oxygen atoms in total. The molecule has 4 heteroatoms. The van der Waals surface area contributed by atoms with Crippen molar-refractivity contribution in [3.8, 4) is 0 Å². The first-order valence-electron chi connectivity index (χ1n) is 6.35. The van der Waals surface area contributed by atoms with Gasteiger partial charge in [0.05, 0.1) is 6.10 Å².